The van der Waals surface area contributed by atoms with Gasteiger partial charge in [-0.3, -0.25) is 19.2 Å². The van der Waals surface area contributed by atoms with Gasteiger partial charge in [-0.15, -0.1) is 0 Å². The summed E-state index contributed by atoms with van der Waals surface area (Å²) >= 11 is 0. The topological polar surface area (TPSA) is 124 Å². The molecule has 0 spiro atoms. The van der Waals surface area contributed by atoms with Crippen molar-refractivity contribution >= 4 is 23.9 Å². The summed E-state index contributed by atoms with van der Waals surface area (Å²) in [6.45, 7) is 21.3. The van der Waals surface area contributed by atoms with Crippen molar-refractivity contribution in [1.29, 1.82) is 0 Å². The zero-order valence-corrected chi connectivity index (χ0v) is 38.9. The fraction of sp³-hybridized carbons (Fsp3) is 0.462. The predicted octanol–water partition coefficient (Wildman–Crippen LogP) is 11.6. The first-order valence-corrected chi connectivity index (χ1v) is 21.7. The Morgan fingerprint density at radius 3 is 1.13 bits per heavy atom. The monoisotopic (exact) mass is 857 g/mol. The minimum atomic E-state index is -0.410. The third-order valence-electron chi connectivity index (χ3n) is 10.0. The first kappa shape index (κ1) is 54.4. The van der Waals surface area contributed by atoms with Crippen LogP contribution in [0.25, 0.3) is 0 Å². The van der Waals surface area contributed by atoms with Crippen LogP contribution in [-0.2, 0) is 51.3 Å². The molecule has 0 N–H and O–H groups in total. The Hall–Kier alpha value is -5.64. The SMILES string of the molecule is CCC(C)(C)C(=O)OCCOc1ccccc1.CCC(C)(C)C(=O)OCc1ccccc1.CCC(C)C(=O)OCCOc1ccccc1.CCC(C)C(=O)OCc1ccccc1. The number of benzene rings is 4. The van der Waals surface area contributed by atoms with Gasteiger partial charge in [0, 0.05) is 0 Å². The first-order chi connectivity index (χ1) is 29.6. The number of para-hydroxylation sites is 2. The van der Waals surface area contributed by atoms with E-state index < -0.39 is 5.41 Å². The molecule has 0 fully saturated rings. The van der Waals surface area contributed by atoms with Gasteiger partial charge in [0.15, 0.2) is 0 Å². The molecule has 0 saturated carbocycles. The van der Waals surface area contributed by atoms with E-state index in [0.29, 0.717) is 33.0 Å². The lowest BCUT2D eigenvalue weighted by Crippen LogP contribution is -2.27. The van der Waals surface area contributed by atoms with E-state index >= 15 is 0 Å². The van der Waals surface area contributed by atoms with E-state index in [4.69, 9.17) is 28.4 Å². The molecule has 0 amide bonds. The maximum Gasteiger partial charge on any atom is 0.311 e. The highest BCUT2D eigenvalue weighted by molar-refractivity contribution is 5.76. The van der Waals surface area contributed by atoms with Crippen LogP contribution in [0, 0.1) is 22.7 Å². The molecular weight excluding hydrogens is 785 g/mol. The van der Waals surface area contributed by atoms with Gasteiger partial charge in [-0.2, -0.15) is 0 Å². The van der Waals surface area contributed by atoms with E-state index in [-0.39, 0.29) is 47.7 Å². The number of rotatable bonds is 20. The van der Waals surface area contributed by atoms with Crippen molar-refractivity contribution in [2.24, 2.45) is 22.7 Å². The lowest BCUT2D eigenvalue weighted by Gasteiger charge is -2.20. The molecule has 4 aromatic carbocycles. The Morgan fingerprint density at radius 2 is 0.758 bits per heavy atom. The quantitative estimate of drug-likeness (QED) is 0.0482. The van der Waals surface area contributed by atoms with Crippen LogP contribution in [-0.4, -0.2) is 50.3 Å². The van der Waals surface area contributed by atoms with Crippen molar-refractivity contribution in [3.8, 4) is 11.5 Å². The third-order valence-corrected chi connectivity index (χ3v) is 10.0. The second-order valence-electron chi connectivity index (χ2n) is 15.9. The highest BCUT2D eigenvalue weighted by Crippen LogP contribution is 2.23. The molecule has 0 bridgehead atoms. The zero-order valence-electron chi connectivity index (χ0n) is 38.9. The molecule has 10 nitrogen and oxygen atoms in total. The maximum absolute atomic E-state index is 11.6. The summed E-state index contributed by atoms with van der Waals surface area (Å²) in [5, 5.41) is 0. The molecule has 0 aliphatic carbocycles. The Bertz CT molecular complexity index is 1780. The molecule has 10 heteroatoms. The number of carbonyl (C=O) groups is 4. The molecule has 0 aromatic heterocycles. The Morgan fingerprint density at radius 1 is 0.435 bits per heavy atom. The van der Waals surface area contributed by atoms with Gasteiger partial charge in [0.25, 0.3) is 0 Å². The average Bonchev–Trinajstić information content (AvgIpc) is 3.31. The fourth-order valence-electron chi connectivity index (χ4n) is 4.38. The molecule has 0 saturated heterocycles. The number of ether oxygens (including phenoxy) is 6. The van der Waals surface area contributed by atoms with Gasteiger partial charge >= 0.3 is 23.9 Å². The smallest absolute Gasteiger partial charge is 0.311 e. The summed E-state index contributed by atoms with van der Waals surface area (Å²) in [6, 6.07) is 38.4. The molecule has 0 heterocycles. The van der Waals surface area contributed by atoms with Gasteiger partial charge in [0.05, 0.1) is 22.7 Å². The van der Waals surface area contributed by atoms with Crippen molar-refractivity contribution < 1.29 is 47.6 Å². The summed E-state index contributed by atoms with van der Waals surface area (Å²) < 4.78 is 31.4. The highest BCUT2D eigenvalue weighted by atomic mass is 16.6. The van der Waals surface area contributed by atoms with Crippen molar-refractivity contribution in [2.45, 2.75) is 108 Å². The van der Waals surface area contributed by atoms with Crippen LogP contribution in [0.4, 0.5) is 0 Å². The minimum absolute atomic E-state index is 0.00119. The second kappa shape index (κ2) is 31.2. The van der Waals surface area contributed by atoms with Crippen molar-refractivity contribution in [3.63, 3.8) is 0 Å². The second-order valence-corrected chi connectivity index (χ2v) is 15.9. The van der Waals surface area contributed by atoms with Gasteiger partial charge in [-0.1, -0.05) is 139 Å². The fourth-order valence-corrected chi connectivity index (χ4v) is 4.38. The van der Waals surface area contributed by atoms with E-state index in [1.165, 1.54) is 0 Å². The summed E-state index contributed by atoms with van der Waals surface area (Å²) in [5.74, 6) is 0.983. The van der Waals surface area contributed by atoms with Crippen molar-refractivity contribution in [1.82, 2.24) is 0 Å². The number of carbonyl (C=O) groups excluding carboxylic acids is 4. The van der Waals surface area contributed by atoms with Gasteiger partial charge in [0.2, 0.25) is 0 Å². The molecule has 2 atom stereocenters. The molecule has 0 radical (unpaired) electrons. The Balaban J connectivity index is 0.000000414. The molecular formula is C52H72O10. The van der Waals surface area contributed by atoms with Gasteiger partial charge < -0.3 is 28.4 Å². The Labute approximate surface area is 371 Å². The largest absolute Gasteiger partial charge is 0.490 e. The van der Waals surface area contributed by atoms with Gasteiger partial charge in [-0.25, -0.2) is 0 Å². The normalized spacial score (nSPS) is 11.5. The maximum atomic E-state index is 11.6. The zero-order chi connectivity index (χ0) is 46.2. The lowest BCUT2D eigenvalue weighted by molar-refractivity contribution is -0.156. The first-order valence-electron chi connectivity index (χ1n) is 21.7. The van der Waals surface area contributed by atoms with Crippen LogP contribution < -0.4 is 9.47 Å². The Kier molecular flexibility index (Phi) is 27.4. The summed E-state index contributed by atoms with van der Waals surface area (Å²) in [7, 11) is 0. The molecule has 0 aliphatic heterocycles. The molecule has 0 aliphatic rings. The van der Waals surface area contributed by atoms with Crippen LogP contribution >= 0.6 is 0 Å². The van der Waals surface area contributed by atoms with E-state index in [1.54, 1.807) is 0 Å². The van der Waals surface area contributed by atoms with E-state index in [9.17, 15) is 19.2 Å². The number of hydrogen-bond donors (Lipinski definition) is 0. The highest BCUT2D eigenvalue weighted by Gasteiger charge is 2.27. The van der Waals surface area contributed by atoms with Crippen LogP contribution in [0.1, 0.15) is 106 Å². The molecule has 4 aromatic rings. The minimum Gasteiger partial charge on any atom is -0.490 e. The van der Waals surface area contributed by atoms with Gasteiger partial charge in [0.1, 0.15) is 51.1 Å². The van der Waals surface area contributed by atoms with Crippen LogP contribution in [0.5, 0.6) is 11.5 Å². The molecule has 2 unspecified atom stereocenters. The van der Waals surface area contributed by atoms with Crippen molar-refractivity contribution in [2.75, 3.05) is 26.4 Å². The molecule has 62 heavy (non-hydrogen) atoms. The number of esters is 4. The summed E-state index contributed by atoms with van der Waals surface area (Å²) in [4.78, 5) is 45.9. The van der Waals surface area contributed by atoms with E-state index in [0.717, 1.165) is 48.3 Å². The summed E-state index contributed by atoms with van der Waals surface area (Å²) in [6.07, 6.45) is 3.19. The van der Waals surface area contributed by atoms with Gasteiger partial charge in [-0.05, 0) is 88.8 Å². The lowest BCUT2D eigenvalue weighted by atomic mass is 9.91. The van der Waals surface area contributed by atoms with E-state index in [1.807, 2.05) is 191 Å². The van der Waals surface area contributed by atoms with Crippen LogP contribution in [0.2, 0.25) is 0 Å². The van der Waals surface area contributed by atoms with Crippen molar-refractivity contribution in [3.05, 3.63) is 132 Å². The predicted molar refractivity (Wildman–Crippen MR) is 245 cm³/mol. The number of hydrogen-bond acceptors (Lipinski definition) is 10. The average molecular weight is 857 g/mol. The molecule has 340 valence electrons. The standard InChI is InChI=1S/C14H20O3.C13H18O3.C13H18O2.C12H16O2/c1-4-14(2,3)13(15)17-11-10-16-12-8-6-5-7-9-12;1-3-11(2)13(14)16-10-9-15-12-7-5-4-6-8-12;1-4-13(2,3)12(14)15-10-11-8-6-5-7-9-11;1-3-10(2)12(13)14-9-11-7-5-4-6-8-11/h5-9H,4,10-11H2,1-3H3;4-8,11H,3,9-10H2,1-2H3;5-9H,4,10H2,1-3H3;4-8,10H,3,9H2,1-2H3. The summed E-state index contributed by atoms with van der Waals surface area (Å²) in [5.41, 5.74) is 1.27. The third kappa shape index (κ3) is 24.0. The molecule has 4 rings (SSSR count). The van der Waals surface area contributed by atoms with E-state index in [2.05, 4.69) is 0 Å². The van der Waals surface area contributed by atoms with Crippen LogP contribution in [0.15, 0.2) is 121 Å². The van der Waals surface area contributed by atoms with Crippen LogP contribution in [0.3, 0.4) is 0 Å².